The minimum Gasteiger partial charge on any atom is -0.457 e. The van der Waals surface area contributed by atoms with E-state index in [1.54, 1.807) is 17.9 Å². The molecule has 8 nitrogen and oxygen atoms in total. The van der Waals surface area contributed by atoms with Gasteiger partial charge in [0.25, 0.3) is 0 Å². The Bertz CT molecular complexity index is 1110. The number of esters is 2. The Labute approximate surface area is 199 Å². The monoisotopic (exact) mass is 468 g/mol. The Morgan fingerprint density at radius 1 is 0.971 bits per heavy atom. The maximum Gasteiger partial charge on any atom is 0.338 e. The van der Waals surface area contributed by atoms with E-state index in [1.807, 2.05) is 26.8 Å². The summed E-state index contributed by atoms with van der Waals surface area (Å²) in [5, 5.41) is 11.4. The molecule has 182 valence electrons. The summed E-state index contributed by atoms with van der Waals surface area (Å²) in [5.41, 5.74) is 3.40. The number of cyclic esters (lactones) is 2. The molecule has 1 unspecified atom stereocenters. The molecule has 1 aromatic rings. The van der Waals surface area contributed by atoms with Gasteiger partial charge < -0.3 is 19.5 Å². The maximum absolute atomic E-state index is 13.4. The molecule has 0 saturated carbocycles. The number of carbonyl (C=O) groups excluding carboxylic acids is 3. The van der Waals surface area contributed by atoms with Gasteiger partial charge in [0.1, 0.15) is 13.2 Å². The van der Waals surface area contributed by atoms with Gasteiger partial charge in [-0.05, 0) is 77.2 Å². The Morgan fingerprint density at radius 3 is 2.26 bits per heavy atom. The molecule has 2 saturated heterocycles. The first kappa shape index (κ1) is 23.1. The van der Waals surface area contributed by atoms with Crippen LogP contribution in [0.3, 0.4) is 0 Å². The fourth-order valence-corrected chi connectivity index (χ4v) is 6.02. The molecular weight excluding hydrogens is 436 g/mol. The molecule has 0 bridgehead atoms. The molecule has 0 aliphatic carbocycles. The number of nitrogens with zero attached hydrogens (tertiary/aromatic N) is 2. The van der Waals surface area contributed by atoms with Gasteiger partial charge in [0.05, 0.1) is 28.4 Å². The zero-order valence-electron chi connectivity index (χ0n) is 20.3. The van der Waals surface area contributed by atoms with Gasteiger partial charge in [-0.25, -0.2) is 9.59 Å². The molecule has 4 aliphatic rings. The number of aliphatic hydroxyl groups is 1. The fraction of sp³-hybridized carbons (Fsp3) is 0.577. The van der Waals surface area contributed by atoms with E-state index >= 15 is 0 Å². The van der Waals surface area contributed by atoms with Crippen molar-refractivity contribution in [1.82, 2.24) is 9.80 Å². The summed E-state index contributed by atoms with van der Waals surface area (Å²) in [4.78, 5) is 41.1. The highest BCUT2D eigenvalue weighted by Gasteiger charge is 2.52. The highest BCUT2D eigenvalue weighted by molar-refractivity contribution is 5.94. The molecule has 1 N–H and O–H groups in total. The Kier molecular flexibility index (Phi) is 5.37. The lowest BCUT2D eigenvalue weighted by Gasteiger charge is -2.48. The van der Waals surface area contributed by atoms with Crippen LogP contribution in [0.4, 0.5) is 0 Å². The van der Waals surface area contributed by atoms with E-state index in [-0.39, 0.29) is 31.1 Å². The first-order chi connectivity index (χ1) is 16.1. The second-order valence-corrected chi connectivity index (χ2v) is 10.6. The second-order valence-electron chi connectivity index (χ2n) is 10.6. The van der Waals surface area contributed by atoms with E-state index in [1.165, 1.54) is 0 Å². The molecule has 1 atom stereocenters. The Morgan fingerprint density at radius 2 is 1.62 bits per heavy atom. The van der Waals surface area contributed by atoms with Gasteiger partial charge in [0, 0.05) is 17.6 Å². The zero-order valence-corrected chi connectivity index (χ0v) is 20.3. The molecule has 2 fully saturated rings. The van der Waals surface area contributed by atoms with Crippen molar-refractivity contribution in [2.75, 3.05) is 26.2 Å². The average Bonchev–Trinajstić information content (AvgIpc) is 3.46. The third-order valence-electron chi connectivity index (χ3n) is 8.62. The van der Waals surface area contributed by atoms with Crippen LogP contribution in [-0.2, 0) is 25.7 Å². The minimum absolute atomic E-state index is 0.0947. The quantitative estimate of drug-likeness (QED) is 0.679. The van der Waals surface area contributed by atoms with Crippen LogP contribution in [0.1, 0.15) is 73.2 Å². The van der Waals surface area contributed by atoms with Crippen molar-refractivity contribution in [1.29, 1.82) is 0 Å². The normalized spacial score (nSPS) is 23.6. The lowest BCUT2D eigenvalue weighted by Crippen LogP contribution is -2.54. The van der Waals surface area contributed by atoms with Crippen LogP contribution in [0.2, 0.25) is 0 Å². The predicted octanol–water partition coefficient (Wildman–Crippen LogP) is 2.62. The Balaban J connectivity index is 1.31. The van der Waals surface area contributed by atoms with Crippen molar-refractivity contribution < 1.29 is 29.0 Å². The van der Waals surface area contributed by atoms with Crippen molar-refractivity contribution in [3.8, 4) is 0 Å². The highest BCUT2D eigenvalue weighted by atomic mass is 16.5. The molecule has 0 radical (unpaired) electrons. The van der Waals surface area contributed by atoms with Crippen molar-refractivity contribution in [3.05, 3.63) is 45.7 Å². The van der Waals surface area contributed by atoms with Crippen LogP contribution in [0, 0.1) is 12.3 Å². The Hall–Kier alpha value is -2.71. The topological polar surface area (TPSA) is 96.4 Å². The fourth-order valence-electron chi connectivity index (χ4n) is 6.02. The van der Waals surface area contributed by atoms with Crippen LogP contribution in [0.25, 0.3) is 0 Å². The zero-order chi connectivity index (χ0) is 24.4. The number of ether oxygens (including phenoxy) is 2. The average molecular weight is 469 g/mol. The first-order valence-corrected chi connectivity index (χ1v) is 12.0. The van der Waals surface area contributed by atoms with Crippen molar-refractivity contribution in [3.63, 3.8) is 0 Å². The molecule has 1 amide bonds. The predicted molar refractivity (Wildman–Crippen MR) is 123 cm³/mol. The highest BCUT2D eigenvalue weighted by Crippen LogP contribution is 2.46. The number of likely N-dealkylation sites (tertiary alicyclic amines) is 2. The molecule has 1 aromatic carbocycles. The van der Waals surface area contributed by atoms with E-state index in [0.29, 0.717) is 49.3 Å². The number of hydrogen-bond acceptors (Lipinski definition) is 7. The number of rotatable bonds is 4. The van der Waals surface area contributed by atoms with E-state index in [2.05, 4.69) is 4.90 Å². The smallest absolute Gasteiger partial charge is 0.338 e. The summed E-state index contributed by atoms with van der Waals surface area (Å²) in [5.74, 6) is -0.557. The molecule has 1 spiro atoms. The van der Waals surface area contributed by atoms with Crippen LogP contribution >= 0.6 is 0 Å². The van der Waals surface area contributed by atoms with Gasteiger partial charge in [0.15, 0.2) is 0 Å². The van der Waals surface area contributed by atoms with Crippen molar-refractivity contribution in [2.45, 2.75) is 65.2 Å². The summed E-state index contributed by atoms with van der Waals surface area (Å²) in [6.07, 6.45) is 1.44. The van der Waals surface area contributed by atoms with Crippen molar-refractivity contribution in [2.24, 2.45) is 5.41 Å². The molecule has 0 aromatic heterocycles. The summed E-state index contributed by atoms with van der Waals surface area (Å²) >= 11 is 0. The van der Waals surface area contributed by atoms with Gasteiger partial charge in [-0.1, -0.05) is 6.07 Å². The molecule has 5 rings (SSSR count). The van der Waals surface area contributed by atoms with Gasteiger partial charge >= 0.3 is 11.9 Å². The first-order valence-electron chi connectivity index (χ1n) is 12.0. The third kappa shape index (κ3) is 3.30. The molecule has 34 heavy (non-hydrogen) atoms. The van der Waals surface area contributed by atoms with Gasteiger partial charge in [-0.3, -0.25) is 9.69 Å². The van der Waals surface area contributed by atoms with Gasteiger partial charge in [0.2, 0.25) is 5.91 Å². The van der Waals surface area contributed by atoms with Crippen LogP contribution in [-0.4, -0.2) is 64.5 Å². The molecule has 4 heterocycles. The SMILES string of the molecule is CC1=C(N2CCC3(CCN(C(C)(C)C(O)c4ccc5c(c4C)COC5=O)CC3)C2=O)COC1=O. The number of hydrogen-bond donors (Lipinski definition) is 1. The number of aliphatic hydroxyl groups excluding tert-OH is 1. The number of benzene rings is 1. The second kappa shape index (κ2) is 7.92. The minimum atomic E-state index is -0.757. The number of carbonyl (C=O) groups is 3. The summed E-state index contributed by atoms with van der Waals surface area (Å²) in [6.45, 7) is 10.1. The maximum atomic E-state index is 13.4. The summed E-state index contributed by atoms with van der Waals surface area (Å²) < 4.78 is 10.3. The lowest BCUT2D eigenvalue weighted by molar-refractivity contribution is -0.139. The number of fused-ring (bicyclic) bond motifs is 1. The standard InChI is InChI=1S/C26H32N2O6/c1-15-17(5-6-18-19(15)13-33-23(18)31)21(29)25(3,4)27-10-7-26(8-11-27)9-12-28(24(26)32)20-14-34-22(30)16(20)2/h5-6,21,29H,7-14H2,1-4H3. The van der Waals surface area contributed by atoms with E-state index in [4.69, 9.17) is 9.47 Å². The van der Waals surface area contributed by atoms with Crippen LogP contribution in [0.5, 0.6) is 0 Å². The largest absolute Gasteiger partial charge is 0.457 e. The number of amides is 1. The molecule has 8 heteroatoms. The molecular formula is C26H32N2O6. The molecule has 4 aliphatic heterocycles. The van der Waals surface area contributed by atoms with E-state index in [0.717, 1.165) is 23.1 Å². The van der Waals surface area contributed by atoms with Crippen LogP contribution in [0.15, 0.2) is 23.4 Å². The van der Waals surface area contributed by atoms with Crippen molar-refractivity contribution >= 4 is 17.8 Å². The number of piperidine rings is 1. The van der Waals surface area contributed by atoms with E-state index in [9.17, 15) is 19.5 Å². The summed E-state index contributed by atoms with van der Waals surface area (Å²) in [7, 11) is 0. The van der Waals surface area contributed by atoms with Crippen LogP contribution < -0.4 is 0 Å². The van der Waals surface area contributed by atoms with Gasteiger partial charge in [-0.15, -0.1) is 0 Å². The van der Waals surface area contributed by atoms with E-state index < -0.39 is 17.1 Å². The lowest BCUT2D eigenvalue weighted by atomic mass is 9.75. The third-order valence-corrected chi connectivity index (χ3v) is 8.62. The summed E-state index contributed by atoms with van der Waals surface area (Å²) in [6, 6.07) is 3.58. The van der Waals surface area contributed by atoms with Gasteiger partial charge in [-0.2, -0.15) is 0 Å².